The number of anilines is 2. The fraction of sp³-hybridized carbons (Fsp3) is 0.481. The zero-order chi connectivity index (χ0) is 24.4. The first-order chi connectivity index (χ1) is 17.0. The summed E-state index contributed by atoms with van der Waals surface area (Å²) in [5.41, 5.74) is 5.32. The number of hydrogen-bond acceptors (Lipinski definition) is 7. The van der Waals surface area contributed by atoms with Gasteiger partial charge < -0.3 is 19.7 Å². The molecule has 1 N–H and O–H groups in total. The van der Waals surface area contributed by atoms with Gasteiger partial charge in [0.05, 0.1) is 18.6 Å². The van der Waals surface area contributed by atoms with Gasteiger partial charge in [0.15, 0.2) is 5.84 Å². The molecule has 1 atom stereocenters. The van der Waals surface area contributed by atoms with E-state index >= 15 is 0 Å². The van der Waals surface area contributed by atoms with Crippen molar-refractivity contribution in [2.45, 2.75) is 39.2 Å². The monoisotopic (exact) mass is 472 g/mol. The number of nitrogens with one attached hydrogen (secondary N) is 1. The lowest BCUT2D eigenvalue weighted by molar-refractivity contribution is 0.240. The van der Waals surface area contributed by atoms with E-state index in [4.69, 9.17) is 9.98 Å². The first-order valence-electron chi connectivity index (χ1n) is 12.6. The highest BCUT2D eigenvalue weighted by molar-refractivity contribution is 6.13. The Morgan fingerprint density at radius 1 is 1.17 bits per heavy atom. The van der Waals surface area contributed by atoms with Crippen LogP contribution >= 0.6 is 0 Å². The zero-order valence-corrected chi connectivity index (χ0v) is 21.3. The predicted molar refractivity (Wildman–Crippen MR) is 145 cm³/mol. The van der Waals surface area contributed by atoms with Crippen molar-refractivity contribution in [3.63, 3.8) is 0 Å². The predicted octanol–water partition coefficient (Wildman–Crippen LogP) is 4.23. The average molecular weight is 473 g/mol. The van der Waals surface area contributed by atoms with Gasteiger partial charge in [-0.25, -0.2) is 9.98 Å². The molecule has 1 aromatic carbocycles. The second kappa shape index (κ2) is 10.1. The topological polar surface area (TPSA) is 73.4 Å². The van der Waals surface area contributed by atoms with Gasteiger partial charge in [-0.15, -0.1) is 0 Å². The van der Waals surface area contributed by atoms with E-state index in [1.807, 2.05) is 30.4 Å². The number of aliphatic imine (C=N–C) groups is 3. The maximum Gasteiger partial charge on any atom is 0.223 e. The van der Waals surface area contributed by atoms with Gasteiger partial charge in [0.1, 0.15) is 5.69 Å². The van der Waals surface area contributed by atoms with E-state index in [0.717, 1.165) is 60.0 Å². The molecule has 1 saturated heterocycles. The molecule has 184 valence electrons. The number of imidazole rings is 1. The van der Waals surface area contributed by atoms with Crippen LogP contribution in [-0.4, -0.2) is 59.6 Å². The highest BCUT2D eigenvalue weighted by Gasteiger charge is 2.27. The number of nitrogens with zero attached hydrogens (tertiary/aromatic N) is 7. The molecule has 0 aliphatic carbocycles. The molecule has 0 amide bonds. The average Bonchev–Trinajstić information content (AvgIpc) is 3.13. The van der Waals surface area contributed by atoms with E-state index in [-0.39, 0.29) is 0 Å². The van der Waals surface area contributed by atoms with Gasteiger partial charge in [-0.05, 0) is 62.1 Å². The van der Waals surface area contributed by atoms with Gasteiger partial charge in [0.2, 0.25) is 5.96 Å². The quantitative estimate of drug-likeness (QED) is 0.723. The minimum atomic E-state index is 0.545. The van der Waals surface area contributed by atoms with E-state index in [2.05, 4.69) is 70.4 Å². The Hall–Kier alpha value is -3.42. The van der Waals surface area contributed by atoms with Crippen molar-refractivity contribution in [2.75, 3.05) is 37.4 Å². The Bertz CT molecular complexity index is 1180. The van der Waals surface area contributed by atoms with Crippen LogP contribution in [0.3, 0.4) is 0 Å². The lowest BCUT2D eigenvalue weighted by Gasteiger charge is -2.34. The lowest BCUT2D eigenvalue weighted by Crippen LogP contribution is -2.39. The minimum absolute atomic E-state index is 0.545. The Balaban J connectivity index is 1.35. The Labute approximate surface area is 208 Å². The first kappa shape index (κ1) is 23.3. The molecule has 35 heavy (non-hydrogen) atoms. The number of amidine groups is 1. The van der Waals surface area contributed by atoms with Crippen molar-refractivity contribution in [2.24, 2.45) is 33.9 Å². The maximum absolute atomic E-state index is 5.10. The summed E-state index contributed by atoms with van der Waals surface area (Å²) < 4.78 is 2.04. The number of benzene rings is 1. The molecule has 0 spiro atoms. The molecule has 8 heteroatoms. The van der Waals surface area contributed by atoms with Gasteiger partial charge in [0.25, 0.3) is 0 Å². The van der Waals surface area contributed by atoms with E-state index in [1.165, 1.54) is 24.8 Å². The number of hydrogen-bond donors (Lipinski definition) is 1. The number of allylic oxidation sites excluding steroid dienone is 1. The SMILES string of the molecule is Cc1ccc(N(C)C)cc1NC1=NC(N2CCC(CC3C=CN=CC3)CC2)=NCc2ncn(C)c21. The fourth-order valence-corrected chi connectivity index (χ4v) is 5.12. The largest absolute Gasteiger partial charge is 0.378 e. The summed E-state index contributed by atoms with van der Waals surface area (Å²) >= 11 is 0. The van der Waals surface area contributed by atoms with Crippen LogP contribution in [0.5, 0.6) is 0 Å². The molecule has 4 heterocycles. The van der Waals surface area contributed by atoms with Crippen LogP contribution in [0.25, 0.3) is 0 Å². The van der Waals surface area contributed by atoms with Crippen LogP contribution in [0.1, 0.15) is 42.6 Å². The van der Waals surface area contributed by atoms with E-state index in [1.54, 1.807) is 0 Å². The van der Waals surface area contributed by atoms with E-state index in [0.29, 0.717) is 12.5 Å². The van der Waals surface area contributed by atoms with Crippen molar-refractivity contribution in [3.05, 3.63) is 53.8 Å². The smallest absolute Gasteiger partial charge is 0.223 e. The summed E-state index contributed by atoms with van der Waals surface area (Å²) in [5.74, 6) is 3.00. The normalized spacial score (nSPS) is 20.2. The zero-order valence-electron chi connectivity index (χ0n) is 21.3. The number of aromatic nitrogens is 2. The Morgan fingerprint density at radius 2 is 2.00 bits per heavy atom. The minimum Gasteiger partial charge on any atom is -0.378 e. The molecule has 0 saturated carbocycles. The molecule has 5 rings (SSSR count). The summed E-state index contributed by atoms with van der Waals surface area (Å²) in [6.45, 7) is 4.65. The molecule has 0 radical (unpaired) electrons. The molecule has 1 fully saturated rings. The second-order valence-corrected chi connectivity index (χ2v) is 10.1. The van der Waals surface area contributed by atoms with Crippen molar-refractivity contribution in [1.82, 2.24) is 14.5 Å². The molecule has 8 nitrogen and oxygen atoms in total. The summed E-state index contributed by atoms with van der Waals surface area (Å²) in [6, 6.07) is 6.45. The van der Waals surface area contributed by atoms with Crippen LogP contribution < -0.4 is 10.2 Å². The van der Waals surface area contributed by atoms with Gasteiger partial charge in [-0.3, -0.25) is 4.99 Å². The lowest BCUT2D eigenvalue weighted by atomic mass is 9.85. The van der Waals surface area contributed by atoms with Crippen LogP contribution in [-0.2, 0) is 13.6 Å². The third-order valence-electron chi connectivity index (χ3n) is 7.30. The number of fused-ring (bicyclic) bond motifs is 1. The highest BCUT2D eigenvalue weighted by Crippen LogP contribution is 2.29. The molecule has 2 aromatic rings. The Morgan fingerprint density at radius 3 is 2.74 bits per heavy atom. The molecular formula is C27H36N8. The summed E-state index contributed by atoms with van der Waals surface area (Å²) in [6.07, 6.45) is 12.8. The number of aryl methyl sites for hydroxylation is 2. The standard InChI is InChI=1S/C27H36N8/c1-19-5-6-22(33(2)3)16-23(19)31-26-25-24(30-18-34(25)4)17-29-27(32-26)35-13-9-21(10-14-35)15-20-7-11-28-12-8-20/h5-7,11-12,16,18,20-21H,8-10,13-15,17H2,1-4H3,(H,29,31,32). The van der Waals surface area contributed by atoms with Gasteiger partial charge >= 0.3 is 0 Å². The second-order valence-electron chi connectivity index (χ2n) is 10.1. The van der Waals surface area contributed by atoms with E-state index in [9.17, 15) is 0 Å². The van der Waals surface area contributed by atoms with Gasteiger partial charge in [-0.1, -0.05) is 12.1 Å². The summed E-state index contributed by atoms with van der Waals surface area (Å²) in [5, 5.41) is 3.63. The third kappa shape index (κ3) is 5.16. The number of rotatable bonds is 4. The van der Waals surface area contributed by atoms with Crippen LogP contribution in [0.4, 0.5) is 11.4 Å². The maximum atomic E-state index is 5.10. The van der Waals surface area contributed by atoms with E-state index < -0.39 is 0 Å². The van der Waals surface area contributed by atoms with Crippen LogP contribution in [0.15, 0.2) is 51.8 Å². The molecular weight excluding hydrogens is 436 g/mol. The molecule has 3 aliphatic heterocycles. The molecule has 1 aromatic heterocycles. The third-order valence-corrected chi connectivity index (χ3v) is 7.30. The van der Waals surface area contributed by atoms with Gasteiger partial charge in [-0.2, -0.15) is 4.99 Å². The van der Waals surface area contributed by atoms with Crippen molar-refractivity contribution >= 4 is 29.4 Å². The highest BCUT2D eigenvalue weighted by atomic mass is 15.3. The van der Waals surface area contributed by atoms with Crippen molar-refractivity contribution in [1.29, 1.82) is 0 Å². The first-order valence-corrected chi connectivity index (χ1v) is 12.6. The fourth-order valence-electron chi connectivity index (χ4n) is 5.12. The summed E-state index contributed by atoms with van der Waals surface area (Å²) in [4.78, 5) is 23.3. The number of piperidine rings is 1. The summed E-state index contributed by atoms with van der Waals surface area (Å²) in [7, 11) is 6.14. The van der Waals surface area contributed by atoms with Crippen molar-refractivity contribution in [3.8, 4) is 0 Å². The van der Waals surface area contributed by atoms with Crippen LogP contribution in [0, 0.1) is 18.8 Å². The van der Waals surface area contributed by atoms with Crippen LogP contribution in [0.2, 0.25) is 0 Å². The molecule has 0 bridgehead atoms. The van der Waals surface area contributed by atoms with Gasteiger partial charge in [0, 0.05) is 58.0 Å². The molecule has 3 aliphatic rings. The number of guanidine groups is 1. The van der Waals surface area contributed by atoms with Crippen molar-refractivity contribution < 1.29 is 0 Å². The number of likely N-dealkylation sites (tertiary alicyclic amines) is 1. The Kier molecular flexibility index (Phi) is 6.70. The molecule has 1 unspecified atom stereocenters.